The highest BCUT2D eigenvalue weighted by Gasteiger charge is 2.22. The van der Waals surface area contributed by atoms with Gasteiger partial charge in [-0.2, -0.15) is 0 Å². The Morgan fingerprint density at radius 3 is 2.15 bits per heavy atom. The lowest BCUT2D eigenvalue weighted by Crippen LogP contribution is -2.36. The minimum absolute atomic E-state index is 0.213. The van der Waals surface area contributed by atoms with E-state index in [0.29, 0.717) is 13.1 Å². The summed E-state index contributed by atoms with van der Waals surface area (Å²) in [5.74, 6) is 0. The maximum atomic E-state index is 12.2. The van der Waals surface area contributed by atoms with Gasteiger partial charge in [0.1, 0.15) is 0 Å². The number of hydrogen-bond acceptors (Lipinski definition) is 3. The van der Waals surface area contributed by atoms with Gasteiger partial charge >= 0.3 is 6.03 Å². The lowest BCUT2D eigenvalue weighted by molar-refractivity contribution is 0.252. The van der Waals surface area contributed by atoms with Crippen LogP contribution in [-0.4, -0.2) is 19.1 Å². The van der Waals surface area contributed by atoms with Gasteiger partial charge in [-0.15, -0.1) is 0 Å². The second-order valence-corrected chi connectivity index (χ2v) is 7.99. The molecule has 4 rings (SSSR count). The Hall–Kier alpha value is -2.44. The van der Waals surface area contributed by atoms with E-state index in [0.717, 1.165) is 10.2 Å². The van der Waals surface area contributed by atoms with E-state index in [9.17, 15) is 4.79 Å². The third-order valence-electron chi connectivity index (χ3n) is 4.28. The number of fused-ring (bicyclic) bond motifs is 2. The van der Waals surface area contributed by atoms with Gasteiger partial charge in [-0.05, 0) is 52.3 Å². The zero-order chi connectivity index (χ0) is 18.6. The fourth-order valence-electron chi connectivity index (χ4n) is 3.03. The predicted octanol–water partition coefficient (Wildman–Crippen LogP) is 5.87. The van der Waals surface area contributed by atoms with Crippen molar-refractivity contribution >= 4 is 50.8 Å². The highest BCUT2D eigenvalue weighted by Crippen LogP contribution is 2.47. The molecule has 1 aliphatic rings. The van der Waals surface area contributed by atoms with Crippen molar-refractivity contribution < 1.29 is 4.79 Å². The number of amides is 2. The van der Waals surface area contributed by atoms with Gasteiger partial charge in [-0.1, -0.05) is 48.2 Å². The fourth-order valence-corrected chi connectivity index (χ4v) is 4.51. The minimum Gasteiger partial charge on any atom is -0.338 e. The van der Waals surface area contributed by atoms with Gasteiger partial charge in [0.05, 0.1) is 17.1 Å². The van der Waals surface area contributed by atoms with Gasteiger partial charge in [0.25, 0.3) is 0 Å². The van der Waals surface area contributed by atoms with E-state index in [-0.39, 0.29) is 6.03 Å². The molecule has 3 aromatic rings. The molecule has 1 heterocycles. The second-order valence-electron chi connectivity index (χ2n) is 6.05. The van der Waals surface area contributed by atoms with Gasteiger partial charge in [0, 0.05) is 27.4 Å². The summed E-state index contributed by atoms with van der Waals surface area (Å²) >= 11 is 5.22. The fraction of sp³-hybridized carbons (Fsp3) is 0.0952. The van der Waals surface area contributed by atoms with Gasteiger partial charge in [-0.25, -0.2) is 4.79 Å². The van der Waals surface area contributed by atoms with Crippen LogP contribution in [0.4, 0.5) is 21.9 Å². The summed E-state index contributed by atoms with van der Waals surface area (Å²) in [6.45, 7) is 1.22. The average Bonchev–Trinajstić information content (AvgIpc) is 2.69. The number of halogens is 1. The van der Waals surface area contributed by atoms with Crippen LogP contribution in [0.2, 0.25) is 0 Å². The zero-order valence-corrected chi connectivity index (χ0v) is 16.9. The Morgan fingerprint density at radius 1 is 0.889 bits per heavy atom. The maximum absolute atomic E-state index is 12.2. The normalized spacial score (nSPS) is 12.1. The molecule has 0 aliphatic carbocycles. The van der Waals surface area contributed by atoms with E-state index in [4.69, 9.17) is 0 Å². The number of benzene rings is 3. The van der Waals surface area contributed by atoms with Crippen LogP contribution < -0.4 is 15.5 Å². The summed E-state index contributed by atoms with van der Waals surface area (Å²) in [5, 5.41) is 5.81. The molecular weight excluding hydrogens is 422 g/mol. The summed E-state index contributed by atoms with van der Waals surface area (Å²) in [7, 11) is 0. The van der Waals surface area contributed by atoms with E-state index in [1.807, 2.05) is 36.4 Å². The molecule has 0 fully saturated rings. The molecule has 2 amide bonds. The van der Waals surface area contributed by atoms with Gasteiger partial charge < -0.3 is 15.5 Å². The van der Waals surface area contributed by atoms with Crippen molar-refractivity contribution in [2.45, 2.75) is 9.79 Å². The Bertz CT molecular complexity index is 933. The molecular formula is C21H18BrN3OS. The van der Waals surface area contributed by atoms with Gasteiger partial charge in [-0.3, -0.25) is 0 Å². The summed E-state index contributed by atoms with van der Waals surface area (Å²) in [5.41, 5.74) is 3.10. The van der Waals surface area contributed by atoms with Crippen molar-refractivity contribution in [2.75, 3.05) is 23.3 Å². The number of rotatable bonds is 4. The van der Waals surface area contributed by atoms with Crippen LogP contribution in [0, 0.1) is 0 Å². The molecule has 0 saturated heterocycles. The molecule has 136 valence electrons. The summed E-state index contributed by atoms with van der Waals surface area (Å²) in [6.07, 6.45) is 0. The number of nitrogens with zero attached hydrogens (tertiary/aromatic N) is 1. The number of anilines is 3. The molecule has 0 unspecified atom stereocenters. The molecule has 1 aliphatic heterocycles. The number of para-hydroxylation sites is 3. The zero-order valence-electron chi connectivity index (χ0n) is 14.5. The monoisotopic (exact) mass is 439 g/mol. The van der Waals surface area contributed by atoms with Crippen LogP contribution in [-0.2, 0) is 0 Å². The van der Waals surface area contributed by atoms with Crippen LogP contribution >= 0.6 is 27.7 Å². The first kappa shape index (κ1) is 17.9. The molecule has 0 atom stereocenters. The third-order valence-corrected chi connectivity index (χ3v) is 6.10. The van der Waals surface area contributed by atoms with Crippen LogP contribution in [0.15, 0.2) is 87.1 Å². The largest absolute Gasteiger partial charge is 0.338 e. The molecule has 0 radical (unpaired) electrons. The number of nitrogens with one attached hydrogen (secondary N) is 2. The molecule has 3 aromatic carbocycles. The first-order chi connectivity index (χ1) is 13.2. The van der Waals surface area contributed by atoms with Crippen LogP contribution in [0.25, 0.3) is 0 Å². The van der Waals surface area contributed by atoms with E-state index in [1.54, 1.807) is 11.8 Å². The lowest BCUT2D eigenvalue weighted by atomic mass is 10.2. The van der Waals surface area contributed by atoms with Crippen molar-refractivity contribution in [1.29, 1.82) is 0 Å². The van der Waals surface area contributed by atoms with Crippen molar-refractivity contribution in [1.82, 2.24) is 5.32 Å². The van der Waals surface area contributed by atoms with Crippen LogP contribution in [0.3, 0.4) is 0 Å². The van der Waals surface area contributed by atoms with Crippen molar-refractivity contribution in [3.8, 4) is 0 Å². The van der Waals surface area contributed by atoms with Crippen LogP contribution in [0.5, 0.6) is 0 Å². The summed E-state index contributed by atoms with van der Waals surface area (Å²) in [6, 6.07) is 24.1. The lowest BCUT2D eigenvalue weighted by Gasteiger charge is -2.32. The first-order valence-corrected chi connectivity index (χ1v) is 10.3. The molecule has 2 N–H and O–H groups in total. The minimum atomic E-state index is -0.213. The number of carbonyl (C=O) groups is 1. The average molecular weight is 440 g/mol. The molecule has 4 nitrogen and oxygen atoms in total. The number of carbonyl (C=O) groups excluding carboxylic acids is 1. The number of urea groups is 1. The Morgan fingerprint density at radius 2 is 1.48 bits per heavy atom. The molecule has 6 heteroatoms. The second kappa shape index (κ2) is 8.06. The molecule has 27 heavy (non-hydrogen) atoms. The standard InChI is InChI=1S/C21H18BrN3OS/c22-15-7-1-2-8-16(15)24-21(26)23-13-14-25-17-9-3-5-11-19(17)27-20-12-6-4-10-18(20)25/h1-12H,13-14H2,(H2,23,24,26). The predicted molar refractivity (Wildman–Crippen MR) is 115 cm³/mol. The smallest absolute Gasteiger partial charge is 0.319 e. The number of hydrogen-bond donors (Lipinski definition) is 2. The quantitative estimate of drug-likeness (QED) is 0.533. The maximum Gasteiger partial charge on any atom is 0.319 e. The van der Waals surface area contributed by atoms with E-state index in [2.05, 4.69) is 67.9 Å². The first-order valence-electron chi connectivity index (χ1n) is 8.65. The topological polar surface area (TPSA) is 44.4 Å². The van der Waals surface area contributed by atoms with Gasteiger partial charge in [0.2, 0.25) is 0 Å². The van der Waals surface area contributed by atoms with E-state index in [1.165, 1.54) is 21.2 Å². The van der Waals surface area contributed by atoms with E-state index < -0.39 is 0 Å². The highest BCUT2D eigenvalue weighted by atomic mass is 79.9. The van der Waals surface area contributed by atoms with Crippen molar-refractivity contribution in [3.63, 3.8) is 0 Å². The Balaban J connectivity index is 1.44. The van der Waals surface area contributed by atoms with Crippen molar-refractivity contribution in [2.24, 2.45) is 0 Å². The van der Waals surface area contributed by atoms with Crippen molar-refractivity contribution in [3.05, 3.63) is 77.3 Å². The highest BCUT2D eigenvalue weighted by molar-refractivity contribution is 9.10. The summed E-state index contributed by atoms with van der Waals surface area (Å²) < 4.78 is 0.857. The Labute approximate surface area is 171 Å². The summed E-state index contributed by atoms with van der Waals surface area (Å²) in [4.78, 5) is 17.0. The molecule has 0 saturated carbocycles. The van der Waals surface area contributed by atoms with Gasteiger partial charge in [0.15, 0.2) is 0 Å². The van der Waals surface area contributed by atoms with E-state index >= 15 is 0 Å². The SMILES string of the molecule is O=C(NCCN1c2ccccc2Sc2ccccc21)Nc1ccccc1Br. The van der Waals surface area contributed by atoms with Crippen LogP contribution in [0.1, 0.15) is 0 Å². The Kier molecular flexibility index (Phi) is 5.36. The third kappa shape index (κ3) is 3.96. The molecule has 0 aromatic heterocycles. The molecule has 0 bridgehead atoms. The molecule has 0 spiro atoms.